The summed E-state index contributed by atoms with van der Waals surface area (Å²) in [6, 6.07) is 5.99. The second-order valence-electron chi connectivity index (χ2n) is 6.04. The summed E-state index contributed by atoms with van der Waals surface area (Å²) < 4.78 is 0. The number of aryl methyl sites for hydroxylation is 2. The van der Waals surface area contributed by atoms with Crippen LogP contribution >= 0.6 is 0 Å². The molecule has 0 heterocycles. The van der Waals surface area contributed by atoms with E-state index < -0.39 is 0 Å². The Kier molecular flexibility index (Phi) is 7.79. The maximum absolute atomic E-state index is 12.4. The summed E-state index contributed by atoms with van der Waals surface area (Å²) in [4.78, 5) is 28.2. The predicted molar refractivity (Wildman–Crippen MR) is 95.7 cm³/mol. The van der Waals surface area contributed by atoms with Crippen molar-refractivity contribution in [1.82, 2.24) is 4.90 Å². The van der Waals surface area contributed by atoms with Crippen LogP contribution in [0.2, 0.25) is 0 Å². The van der Waals surface area contributed by atoms with E-state index in [1.54, 1.807) is 11.8 Å². The van der Waals surface area contributed by atoms with E-state index in [4.69, 9.17) is 0 Å². The molecule has 128 valence electrons. The Hall–Kier alpha value is -1.84. The second-order valence-corrected chi connectivity index (χ2v) is 6.04. The van der Waals surface area contributed by atoms with Gasteiger partial charge in [0.1, 0.15) is 0 Å². The van der Waals surface area contributed by atoms with Crippen molar-refractivity contribution in [3.05, 3.63) is 29.3 Å². The fraction of sp³-hybridized carbons (Fsp3) is 0.579. The molecule has 0 aliphatic rings. The first kappa shape index (κ1) is 19.2. The predicted octanol–water partition coefficient (Wildman–Crippen LogP) is 3.70. The first-order valence-corrected chi connectivity index (χ1v) is 8.54. The number of para-hydroxylation sites is 1. The quantitative estimate of drug-likeness (QED) is 0.733. The molecule has 0 saturated heterocycles. The van der Waals surface area contributed by atoms with Crippen molar-refractivity contribution >= 4 is 17.5 Å². The fourth-order valence-electron chi connectivity index (χ4n) is 2.92. The molecule has 0 N–H and O–H groups in total. The molecular formula is C19H30N2O2. The zero-order valence-electron chi connectivity index (χ0n) is 15.2. The van der Waals surface area contributed by atoms with E-state index in [0.29, 0.717) is 13.0 Å². The Bertz CT molecular complexity index is 514. The van der Waals surface area contributed by atoms with Gasteiger partial charge in [-0.3, -0.25) is 9.59 Å². The Labute approximate surface area is 140 Å². The number of amides is 2. The van der Waals surface area contributed by atoms with Crippen molar-refractivity contribution in [2.24, 2.45) is 0 Å². The lowest BCUT2D eigenvalue weighted by atomic mass is 10.1. The summed E-state index contributed by atoms with van der Waals surface area (Å²) in [5, 5.41) is 0. The highest BCUT2D eigenvalue weighted by Crippen LogP contribution is 2.25. The van der Waals surface area contributed by atoms with Crippen molar-refractivity contribution < 1.29 is 9.59 Å². The largest absolute Gasteiger partial charge is 0.343 e. The minimum atomic E-state index is -0.0206. The molecule has 0 spiro atoms. The van der Waals surface area contributed by atoms with E-state index in [1.807, 2.05) is 36.9 Å². The zero-order chi connectivity index (χ0) is 17.4. The van der Waals surface area contributed by atoms with Crippen LogP contribution in [0.4, 0.5) is 5.69 Å². The molecule has 1 aromatic carbocycles. The van der Waals surface area contributed by atoms with Gasteiger partial charge in [-0.25, -0.2) is 0 Å². The molecule has 2 amide bonds. The van der Waals surface area contributed by atoms with Crippen LogP contribution in [0.3, 0.4) is 0 Å². The van der Waals surface area contributed by atoms with Crippen molar-refractivity contribution in [2.75, 3.05) is 24.5 Å². The number of carbonyl (C=O) groups is 2. The van der Waals surface area contributed by atoms with Gasteiger partial charge in [0.25, 0.3) is 0 Å². The number of hydrogen-bond acceptors (Lipinski definition) is 2. The van der Waals surface area contributed by atoms with Crippen LogP contribution in [0.25, 0.3) is 0 Å². The third-order valence-electron chi connectivity index (χ3n) is 3.98. The SMILES string of the molecule is CCCN(CCC)C(=O)CCN(C(C)=O)c1c(C)cccc1C. The van der Waals surface area contributed by atoms with Gasteiger partial charge in [-0.1, -0.05) is 32.0 Å². The van der Waals surface area contributed by atoms with Gasteiger partial charge in [0.05, 0.1) is 0 Å². The number of hydrogen-bond donors (Lipinski definition) is 0. The number of anilines is 1. The Balaban J connectivity index is 2.85. The zero-order valence-corrected chi connectivity index (χ0v) is 15.2. The van der Waals surface area contributed by atoms with Gasteiger partial charge in [0.2, 0.25) is 11.8 Å². The monoisotopic (exact) mass is 318 g/mol. The molecule has 0 aliphatic carbocycles. The summed E-state index contributed by atoms with van der Waals surface area (Å²) in [5.41, 5.74) is 3.06. The van der Waals surface area contributed by atoms with Gasteiger partial charge in [-0.05, 0) is 37.8 Å². The van der Waals surface area contributed by atoms with Crippen LogP contribution in [0.1, 0.15) is 51.2 Å². The first-order chi connectivity index (χ1) is 10.9. The van der Waals surface area contributed by atoms with Gasteiger partial charge in [-0.15, -0.1) is 0 Å². The second kappa shape index (κ2) is 9.33. The molecule has 1 aromatic rings. The lowest BCUT2D eigenvalue weighted by molar-refractivity contribution is -0.131. The summed E-state index contributed by atoms with van der Waals surface area (Å²) in [6.07, 6.45) is 2.28. The van der Waals surface area contributed by atoms with Crippen LogP contribution in [0.5, 0.6) is 0 Å². The lowest BCUT2D eigenvalue weighted by Crippen LogP contribution is -2.37. The minimum Gasteiger partial charge on any atom is -0.343 e. The highest BCUT2D eigenvalue weighted by atomic mass is 16.2. The van der Waals surface area contributed by atoms with Gasteiger partial charge < -0.3 is 9.80 Å². The Morgan fingerprint density at radius 2 is 1.48 bits per heavy atom. The third-order valence-corrected chi connectivity index (χ3v) is 3.98. The molecule has 1 rings (SSSR count). The highest BCUT2D eigenvalue weighted by Gasteiger charge is 2.19. The smallest absolute Gasteiger partial charge is 0.224 e. The Morgan fingerprint density at radius 3 is 1.91 bits per heavy atom. The van der Waals surface area contributed by atoms with E-state index in [1.165, 1.54) is 0 Å². The van der Waals surface area contributed by atoms with Crippen molar-refractivity contribution in [3.63, 3.8) is 0 Å². The van der Waals surface area contributed by atoms with Crippen LogP contribution in [0.15, 0.2) is 18.2 Å². The van der Waals surface area contributed by atoms with E-state index >= 15 is 0 Å². The number of benzene rings is 1. The molecule has 0 bridgehead atoms. The third kappa shape index (κ3) is 5.38. The molecule has 0 radical (unpaired) electrons. The summed E-state index contributed by atoms with van der Waals surface area (Å²) in [6.45, 7) is 11.7. The average molecular weight is 318 g/mol. The maximum Gasteiger partial charge on any atom is 0.224 e. The van der Waals surface area contributed by atoms with E-state index in [2.05, 4.69) is 13.8 Å². The standard InChI is InChI=1S/C19H30N2O2/c1-6-12-20(13-7-2)18(23)11-14-21(17(5)22)19-15(3)9-8-10-16(19)4/h8-10H,6-7,11-14H2,1-5H3. The van der Waals surface area contributed by atoms with Crippen molar-refractivity contribution in [2.45, 2.75) is 53.9 Å². The summed E-state index contributed by atoms with van der Waals surface area (Å²) in [5.74, 6) is 0.110. The number of carbonyl (C=O) groups excluding carboxylic acids is 2. The van der Waals surface area contributed by atoms with Gasteiger partial charge in [0.15, 0.2) is 0 Å². The van der Waals surface area contributed by atoms with Crippen LogP contribution in [0, 0.1) is 13.8 Å². The van der Waals surface area contributed by atoms with Crippen LogP contribution in [-0.4, -0.2) is 36.3 Å². The first-order valence-electron chi connectivity index (χ1n) is 8.54. The minimum absolute atomic E-state index is 0.0206. The molecule has 0 unspecified atom stereocenters. The molecule has 0 atom stereocenters. The van der Waals surface area contributed by atoms with E-state index in [0.717, 1.165) is 42.7 Å². The highest BCUT2D eigenvalue weighted by molar-refractivity contribution is 5.94. The maximum atomic E-state index is 12.4. The lowest BCUT2D eigenvalue weighted by Gasteiger charge is -2.27. The van der Waals surface area contributed by atoms with Crippen LogP contribution in [-0.2, 0) is 9.59 Å². The molecule has 0 aromatic heterocycles. The Morgan fingerprint density at radius 1 is 0.957 bits per heavy atom. The summed E-state index contributed by atoms with van der Waals surface area (Å²) in [7, 11) is 0. The van der Waals surface area contributed by atoms with Gasteiger partial charge in [0, 0.05) is 38.7 Å². The molecule has 23 heavy (non-hydrogen) atoms. The number of nitrogens with zero attached hydrogens (tertiary/aromatic N) is 2. The average Bonchev–Trinajstić information content (AvgIpc) is 2.49. The molecule has 0 aliphatic heterocycles. The van der Waals surface area contributed by atoms with Crippen molar-refractivity contribution in [1.29, 1.82) is 0 Å². The molecule has 0 fully saturated rings. The molecule has 4 nitrogen and oxygen atoms in total. The summed E-state index contributed by atoms with van der Waals surface area (Å²) >= 11 is 0. The van der Waals surface area contributed by atoms with Gasteiger partial charge >= 0.3 is 0 Å². The topological polar surface area (TPSA) is 40.6 Å². The van der Waals surface area contributed by atoms with Crippen LogP contribution < -0.4 is 4.90 Å². The fourth-order valence-corrected chi connectivity index (χ4v) is 2.92. The molecule has 0 saturated carbocycles. The molecule has 4 heteroatoms. The normalized spacial score (nSPS) is 10.5. The van der Waals surface area contributed by atoms with Crippen molar-refractivity contribution in [3.8, 4) is 0 Å². The number of rotatable bonds is 8. The molecular weight excluding hydrogens is 288 g/mol. The van der Waals surface area contributed by atoms with Gasteiger partial charge in [-0.2, -0.15) is 0 Å². The van der Waals surface area contributed by atoms with E-state index in [9.17, 15) is 9.59 Å². The van der Waals surface area contributed by atoms with E-state index in [-0.39, 0.29) is 11.8 Å².